The monoisotopic (exact) mass is 442 g/mol. The van der Waals surface area contributed by atoms with Gasteiger partial charge in [-0.2, -0.15) is 0 Å². The maximum absolute atomic E-state index is 12.7. The van der Waals surface area contributed by atoms with Crippen LogP contribution in [0.4, 0.5) is 5.69 Å². The third-order valence-electron chi connectivity index (χ3n) is 3.67. The fraction of sp³-hybridized carbons (Fsp3) is 0.167. The van der Waals surface area contributed by atoms with Crippen LogP contribution in [0.15, 0.2) is 64.1 Å². The molecule has 28 heavy (non-hydrogen) atoms. The van der Waals surface area contributed by atoms with Gasteiger partial charge in [-0.3, -0.25) is 10.1 Å². The number of hydrogen-bond acceptors (Lipinski definition) is 6. The van der Waals surface area contributed by atoms with E-state index in [9.17, 15) is 18.5 Å². The molecule has 0 unspecified atom stereocenters. The summed E-state index contributed by atoms with van der Waals surface area (Å²) in [5.41, 5.74) is 1.98. The van der Waals surface area contributed by atoms with Crippen LogP contribution in [0, 0.1) is 10.1 Å². The minimum absolute atomic E-state index is 0.0261. The van der Waals surface area contributed by atoms with E-state index in [1.807, 2.05) is 0 Å². The molecule has 0 fully saturated rings. The van der Waals surface area contributed by atoms with Gasteiger partial charge in [-0.1, -0.05) is 28.4 Å². The minimum atomic E-state index is -3.81. The smallest absolute Gasteiger partial charge is 0.273 e. The minimum Gasteiger partial charge on any atom is -0.391 e. The van der Waals surface area contributed by atoms with Gasteiger partial charge in [-0.25, -0.2) is 8.42 Å². The Labute approximate surface area is 172 Å². The third kappa shape index (κ3) is 5.79. The Morgan fingerprint density at radius 2 is 1.93 bits per heavy atom. The molecule has 0 amide bonds. The van der Waals surface area contributed by atoms with Gasteiger partial charge in [0.2, 0.25) is 0 Å². The highest BCUT2D eigenvalue weighted by atomic mass is 35.5. The number of hydrogen-bond donors (Lipinski definition) is 0. The SMILES string of the molecule is CC(=NOCC=CCl)c1ccc([N+](=O)[O-])c(CS(=O)(=O)c2ccc(Cl)cc2)c1. The Bertz CT molecular complexity index is 1020. The first-order chi connectivity index (χ1) is 13.2. The molecule has 0 N–H and O–H groups in total. The fourth-order valence-corrected chi connectivity index (χ4v) is 3.86. The van der Waals surface area contributed by atoms with Crippen LogP contribution in [0.1, 0.15) is 18.1 Å². The van der Waals surface area contributed by atoms with E-state index in [4.69, 9.17) is 28.0 Å². The van der Waals surface area contributed by atoms with Crippen molar-refractivity contribution in [3.8, 4) is 0 Å². The summed E-state index contributed by atoms with van der Waals surface area (Å²) >= 11 is 11.2. The first-order valence-electron chi connectivity index (χ1n) is 7.92. The highest BCUT2D eigenvalue weighted by molar-refractivity contribution is 7.90. The molecule has 0 aliphatic rings. The lowest BCUT2D eigenvalue weighted by Gasteiger charge is -2.08. The first kappa shape index (κ1) is 21.9. The fourth-order valence-electron chi connectivity index (χ4n) is 2.30. The van der Waals surface area contributed by atoms with Gasteiger partial charge in [0.05, 0.1) is 21.3 Å². The molecule has 0 radical (unpaired) electrons. The Balaban J connectivity index is 2.38. The number of halogens is 2. The van der Waals surface area contributed by atoms with E-state index in [2.05, 4.69) is 5.16 Å². The van der Waals surface area contributed by atoms with Crippen molar-refractivity contribution in [1.29, 1.82) is 0 Å². The first-order valence-corrected chi connectivity index (χ1v) is 10.4. The largest absolute Gasteiger partial charge is 0.391 e. The number of sulfone groups is 1. The maximum atomic E-state index is 12.7. The lowest BCUT2D eigenvalue weighted by molar-refractivity contribution is -0.385. The summed E-state index contributed by atoms with van der Waals surface area (Å²) in [5.74, 6) is -0.540. The zero-order valence-corrected chi connectivity index (χ0v) is 17.0. The zero-order chi connectivity index (χ0) is 20.7. The highest BCUT2D eigenvalue weighted by Gasteiger charge is 2.23. The predicted octanol–water partition coefficient (Wildman–Crippen LogP) is 4.72. The summed E-state index contributed by atoms with van der Waals surface area (Å²) in [4.78, 5) is 15.8. The average molecular weight is 443 g/mol. The number of nitro benzene ring substituents is 1. The second kappa shape index (κ2) is 9.68. The zero-order valence-electron chi connectivity index (χ0n) is 14.7. The van der Waals surface area contributed by atoms with Gasteiger partial charge in [0.15, 0.2) is 9.84 Å². The molecule has 0 aromatic heterocycles. The van der Waals surface area contributed by atoms with E-state index in [1.54, 1.807) is 6.92 Å². The summed E-state index contributed by atoms with van der Waals surface area (Å²) in [6.07, 6.45) is 1.54. The molecule has 0 heterocycles. The average Bonchev–Trinajstić information content (AvgIpc) is 2.64. The number of nitrogens with zero attached hydrogens (tertiary/aromatic N) is 2. The summed E-state index contributed by atoms with van der Waals surface area (Å²) in [6, 6.07) is 9.77. The van der Waals surface area contributed by atoms with Crippen LogP contribution in [0.25, 0.3) is 0 Å². The predicted molar refractivity (Wildman–Crippen MR) is 109 cm³/mol. The molecule has 2 aromatic rings. The quantitative estimate of drug-likeness (QED) is 0.255. The summed E-state index contributed by atoms with van der Waals surface area (Å²) in [5, 5.41) is 15.6. The molecular weight excluding hydrogens is 427 g/mol. The van der Waals surface area contributed by atoms with Crippen molar-refractivity contribution in [2.24, 2.45) is 5.16 Å². The van der Waals surface area contributed by atoms with Crippen LogP contribution >= 0.6 is 23.2 Å². The van der Waals surface area contributed by atoms with Gasteiger partial charge in [-0.05, 0) is 55.0 Å². The lowest BCUT2D eigenvalue weighted by Crippen LogP contribution is -2.08. The van der Waals surface area contributed by atoms with Crippen molar-refractivity contribution in [3.05, 3.63) is 80.3 Å². The summed E-state index contributed by atoms with van der Waals surface area (Å²) in [7, 11) is -3.81. The molecule has 148 valence electrons. The number of benzene rings is 2. The summed E-state index contributed by atoms with van der Waals surface area (Å²) in [6.45, 7) is 1.80. The Hall–Kier alpha value is -2.42. The molecule has 2 rings (SSSR count). The van der Waals surface area contributed by atoms with Crippen LogP contribution in [-0.2, 0) is 20.4 Å². The van der Waals surface area contributed by atoms with Gasteiger partial charge in [0.1, 0.15) is 6.61 Å². The van der Waals surface area contributed by atoms with Gasteiger partial charge < -0.3 is 4.84 Å². The van der Waals surface area contributed by atoms with Crippen LogP contribution in [0.2, 0.25) is 5.02 Å². The van der Waals surface area contributed by atoms with Crippen LogP contribution < -0.4 is 0 Å². The van der Waals surface area contributed by atoms with E-state index in [0.717, 1.165) is 0 Å². The molecule has 0 aliphatic heterocycles. The van der Waals surface area contributed by atoms with Crippen LogP contribution in [0.3, 0.4) is 0 Å². The van der Waals surface area contributed by atoms with Crippen LogP contribution in [0.5, 0.6) is 0 Å². The molecule has 10 heteroatoms. The van der Waals surface area contributed by atoms with E-state index >= 15 is 0 Å². The van der Waals surface area contributed by atoms with Gasteiger partial charge >= 0.3 is 0 Å². The molecule has 2 aromatic carbocycles. The Kier molecular flexibility index (Phi) is 7.56. The number of oxime groups is 1. The van der Waals surface area contributed by atoms with Crippen LogP contribution in [-0.4, -0.2) is 25.7 Å². The standard InChI is InChI=1S/C18H16Cl2N2O5S/c1-13(21-27-10-2-9-19)14-3-8-18(22(23)24)15(11-14)12-28(25,26)17-6-4-16(20)5-7-17/h2-9,11H,10,12H2,1H3. The molecule has 7 nitrogen and oxygen atoms in total. The van der Waals surface area contributed by atoms with Crippen molar-refractivity contribution in [3.63, 3.8) is 0 Å². The molecule has 0 aliphatic carbocycles. The van der Waals surface area contributed by atoms with E-state index in [1.165, 1.54) is 54.1 Å². The van der Waals surface area contributed by atoms with E-state index in [0.29, 0.717) is 16.3 Å². The van der Waals surface area contributed by atoms with Crippen molar-refractivity contribution < 1.29 is 18.2 Å². The third-order valence-corrected chi connectivity index (χ3v) is 5.79. The van der Waals surface area contributed by atoms with Crippen molar-refractivity contribution >= 4 is 44.4 Å². The van der Waals surface area contributed by atoms with Gasteiger partial charge in [-0.15, -0.1) is 0 Å². The van der Waals surface area contributed by atoms with Crippen molar-refractivity contribution in [2.45, 2.75) is 17.6 Å². The second-order valence-corrected chi connectivity index (χ2v) is 8.33. The second-order valence-electron chi connectivity index (χ2n) is 5.65. The molecule has 0 saturated heterocycles. The molecule has 0 saturated carbocycles. The molecule has 0 spiro atoms. The normalized spacial score (nSPS) is 12.3. The maximum Gasteiger partial charge on any atom is 0.273 e. The molecule has 0 atom stereocenters. The number of rotatable bonds is 8. The van der Waals surface area contributed by atoms with E-state index < -0.39 is 20.5 Å². The van der Waals surface area contributed by atoms with Crippen molar-refractivity contribution in [2.75, 3.05) is 6.61 Å². The van der Waals surface area contributed by atoms with Gasteiger partial charge in [0, 0.05) is 22.2 Å². The van der Waals surface area contributed by atoms with E-state index in [-0.39, 0.29) is 22.8 Å². The summed E-state index contributed by atoms with van der Waals surface area (Å²) < 4.78 is 25.3. The lowest BCUT2D eigenvalue weighted by atomic mass is 10.1. The van der Waals surface area contributed by atoms with Gasteiger partial charge in [0.25, 0.3) is 5.69 Å². The Morgan fingerprint density at radius 3 is 2.54 bits per heavy atom. The Morgan fingerprint density at radius 1 is 1.25 bits per heavy atom. The number of nitro groups is 1. The molecule has 0 bridgehead atoms. The van der Waals surface area contributed by atoms with Crippen molar-refractivity contribution in [1.82, 2.24) is 0 Å². The topological polar surface area (TPSA) is 98.9 Å². The molecular formula is C18H16Cl2N2O5S. The highest BCUT2D eigenvalue weighted by Crippen LogP contribution is 2.26.